The van der Waals surface area contributed by atoms with Crippen LogP contribution in [0.5, 0.6) is 11.5 Å². The molecule has 0 unspecified atom stereocenters. The van der Waals surface area contributed by atoms with Gasteiger partial charge in [0.25, 0.3) is 0 Å². The Bertz CT molecular complexity index is 553. The summed E-state index contributed by atoms with van der Waals surface area (Å²) in [7, 11) is 0. The molecule has 2 aromatic rings. The van der Waals surface area contributed by atoms with Crippen LogP contribution >= 0.6 is 23.2 Å². The highest BCUT2D eigenvalue weighted by molar-refractivity contribution is 6.42. The van der Waals surface area contributed by atoms with Gasteiger partial charge in [0.2, 0.25) is 0 Å². The summed E-state index contributed by atoms with van der Waals surface area (Å²) in [6.07, 6.45) is 0.240. The fourth-order valence-electron chi connectivity index (χ4n) is 1.68. The van der Waals surface area contributed by atoms with Crippen molar-refractivity contribution in [1.29, 1.82) is 0 Å². The lowest BCUT2D eigenvalue weighted by Gasteiger charge is -2.11. The molecule has 2 aromatic carbocycles. The Labute approximate surface area is 122 Å². The number of ether oxygens (including phenoxy) is 1. The van der Waals surface area contributed by atoms with E-state index in [0.29, 0.717) is 28.0 Å². The summed E-state index contributed by atoms with van der Waals surface area (Å²) >= 11 is 12.0. The molecule has 0 aliphatic carbocycles. The van der Waals surface area contributed by atoms with E-state index in [9.17, 15) is 5.11 Å². The Balaban J connectivity index is 2.18. The zero-order valence-corrected chi connectivity index (χ0v) is 11.9. The largest absolute Gasteiger partial charge is 0.456 e. The predicted molar refractivity (Wildman–Crippen MR) is 78.2 cm³/mol. The number of hydrogen-bond acceptors (Lipinski definition) is 2. The van der Waals surface area contributed by atoms with Crippen molar-refractivity contribution in [2.75, 3.05) is 0 Å². The van der Waals surface area contributed by atoms with Gasteiger partial charge >= 0.3 is 0 Å². The molecule has 19 heavy (non-hydrogen) atoms. The van der Waals surface area contributed by atoms with Crippen molar-refractivity contribution in [2.45, 2.75) is 19.4 Å². The second kappa shape index (κ2) is 6.29. The van der Waals surface area contributed by atoms with Gasteiger partial charge in [-0.1, -0.05) is 48.3 Å². The summed E-state index contributed by atoms with van der Waals surface area (Å²) in [5.74, 6) is 1.16. The Morgan fingerprint density at radius 2 is 1.79 bits per heavy atom. The van der Waals surface area contributed by atoms with Gasteiger partial charge in [0.1, 0.15) is 16.5 Å². The third-order valence-electron chi connectivity index (χ3n) is 2.80. The molecule has 0 bridgehead atoms. The van der Waals surface area contributed by atoms with E-state index in [-0.39, 0.29) is 0 Å². The lowest BCUT2D eigenvalue weighted by atomic mass is 10.1. The highest BCUT2D eigenvalue weighted by atomic mass is 35.5. The SMILES string of the molecule is CC[C@@H](O)c1ccc(Oc2cccc(Cl)c2Cl)cc1. The van der Waals surface area contributed by atoms with E-state index in [1.807, 2.05) is 19.1 Å². The fraction of sp³-hybridized carbons (Fsp3) is 0.200. The third kappa shape index (κ3) is 3.41. The van der Waals surface area contributed by atoms with Crippen molar-refractivity contribution in [3.63, 3.8) is 0 Å². The molecule has 1 atom stereocenters. The summed E-state index contributed by atoms with van der Waals surface area (Å²) in [6, 6.07) is 12.5. The molecule has 2 nitrogen and oxygen atoms in total. The van der Waals surface area contributed by atoms with Crippen LogP contribution in [0.1, 0.15) is 25.0 Å². The van der Waals surface area contributed by atoms with E-state index in [1.165, 1.54) is 0 Å². The summed E-state index contributed by atoms with van der Waals surface area (Å²) < 4.78 is 5.66. The average molecular weight is 297 g/mol. The van der Waals surface area contributed by atoms with Crippen LogP contribution in [0.2, 0.25) is 10.0 Å². The van der Waals surface area contributed by atoms with E-state index >= 15 is 0 Å². The number of rotatable bonds is 4. The van der Waals surface area contributed by atoms with E-state index in [1.54, 1.807) is 30.3 Å². The molecule has 0 aliphatic rings. The Hall–Kier alpha value is -1.22. The topological polar surface area (TPSA) is 29.5 Å². The second-order valence-corrected chi connectivity index (χ2v) is 4.93. The van der Waals surface area contributed by atoms with Crippen molar-refractivity contribution < 1.29 is 9.84 Å². The van der Waals surface area contributed by atoms with Gasteiger partial charge in [0.15, 0.2) is 0 Å². The standard InChI is InChI=1S/C15H14Cl2O2/c1-2-13(18)10-6-8-11(9-7-10)19-14-5-3-4-12(16)15(14)17/h3-9,13,18H,2H2,1H3/t13-/m1/s1. The first kappa shape index (κ1) is 14.2. The zero-order chi connectivity index (χ0) is 13.8. The number of halogens is 2. The Morgan fingerprint density at radius 1 is 1.11 bits per heavy atom. The minimum absolute atomic E-state index is 0.391. The summed E-state index contributed by atoms with van der Waals surface area (Å²) in [5, 5.41) is 10.6. The number of aliphatic hydroxyl groups excluding tert-OH is 1. The molecule has 0 heterocycles. The molecule has 0 fully saturated rings. The van der Waals surface area contributed by atoms with E-state index in [4.69, 9.17) is 27.9 Å². The van der Waals surface area contributed by atoms with Crippen molar-refractivity contribution in [3.8, 4) is 11.5 Å². The quantitative estimate of drug-likeness (QED) is 0.837. The smallest absolute Gasteiger partial charge is 0.147 e. The minimum atomic E-state index is -0.441. The lowest BCUT2D eigenvalue weighted by molar-refractivity contribution is 0.173. The van der Waals surface area contributed by atoms with Gasteiger partial charge in [-0.25, -0.2) is 0 Å². The summed E-state index contributed by atoms with van der Waals surface area (Å²) in [4.78, 5) is 0. The summed E-state index contributed by atoms with van der Waals surface area (Å²) in [5.41, 5.74) is 0.868. The van der Waals surface area contributed by atoms with Crippen molar-refractivity contribution in [2.24, 2.45) is 0 Å². The third-order valence-corrected chi connectivity index (χ3v) is 3.60. The number of aliphatic hydroxyl groups is 1. The molecule has 0 saturated carbocycles. The molecule has 1 N–H and O–H groups in total. The minimum Gasteiger partial charge on any atom is -0.456 e. The maximum atomic E-state index is 9.71. The maximum absolute atomic E-state index is 9.71. The van der Waals surface area contributed by atoms with Crippen LogP contribution in [0, 0.1) is 0 Å². The zero-order valence-electron chi connectivity index (χ0n) is 10.4. The van der Waals surface area contributed by atoms with Gasteiger partial charge in [0.05, 0.1) is 11.1 Å². The van der Waals surface area contributed by atoms with Crippen LogP contribution in [0.25, 0.3) is 0 Å². The van der Waals surface area contributed by atoms with Crippen LogP contribution in [-0.2, 0) is 0 Å². The first-order valence-corrected chi connectivity index (χ1v) is 6.77. The van der Waals surface area contributed by atoms with Crippen LogP contribution in [0.4, 0.5) is 0 Å². The van der Waals surface area contributed by atoms with Crippen LogP contribution in [0.15, 0.2) is 42.5 Å². The highest BCUT2D eigenvalue weighted by Gasteiger charge is 2.08. The molecule has 0 aromatic heterocycles. The van der Waals surface area contributed by atoms with E-state index in [2.05, 4.69) is 0 Å². The van der Waals surface area contributed by atoms with Gasteiger partial charge in [-0.05, 0) is 36.2 Å². The van der Waals surface area contributed by atoms with Gasteiger partial charge in [-0.15, -0.1) is 0 Å². The lowest BCUT2D eigenvalue weighted by Crippen LogP contribution is -1.94. The Kier molecular flexibility index (Phi) is 4.70. The van der Waals surface area contributed by atoms with Gasteiger partial charge in [0, 0.05) is 0 Å². The van der Waals surface area contributed by atoms with Crippen LogP contribution in [0.3, 0.4) is 0 Å². The van der Waals surface area contributed by atoms with Gasteiger partial charge in [-0.3, -0.25) is 0 Å². The first-order valence-electron chi connectivity index (χ1n) is 6.01. The molecule has 100 valence electrons. The first-order chi connectivity index (χ1) is 9.11. The molecule has 0 amide bonds. The predicted octanol–water partition coefficient (Wildman–Crippen LogP) is 5.23. The monoisotopic (exact) mass is 296 g/mol. The summed E-state index contributed by atoms with van der Waals surface area (Å²) in [6.45, 7) is 1.93. The molecular formula is C15H14Cl2O2. The molecule has 0 saturated heterocycles. The van der Waals surface area contributed by atoms with Crippen molar-refractivity contribution in [1.82, 2.24) is 0 Å². The maximum Gasteiger partial charge on any atom is 0.147 e. The van der Waals surface area contributed by atoms with Crippen molar-refractivity contribution in [3.05, 3.63) is 58.1 Å². The number of benzene rings is 2. The van der Waals surface area contributed by atoms with Gasteiger partial charge < -0.3 is 9.84 Å². The van der Waals surface area contributed by atoms with Crippen LogP contribution < -0.4 is 4.74 Å². The highest BCUT2D eigenvalue weighted by Crippen LogP contribution is 2.34. The van der Waals surface area contributed by atoms with E-state index in [0.717, 1.165) is 5.56 Å². The number of hydrogen-bond donors (Lipinski definition) is 1. The molecule has 4 heteroatoms. The Morgan fingerprint density at radius 3 is 2.42 bits per heavy atom. The second-order valence-electron chi connectivity index (χ2n) is 4.15. The molecule has 0 aliphatic heterocycles. The van der Waals surface area contributed by atoms with Gasteiger partial charge in [-0.2, -0.15) is 0 Å². The van der Waals surface area contributed by atoms with Crippen molar-refractivity contribution >= 4 is 23.2 Å². The fourth-order valence-corrected chi connectivity index (χ4v) is 2.01. The van der Waals surface area contributed by atoms with E-state index < -0.39 is 6.10 Å². The molecular weight excluding hydrogens is 283 g/mol. The molecule has 0 radical (unpaired) electrons. The normalized spacial score (nSPS) is 12.2. The molecule has 0 spiro atoms. The van der Waals surface area contributed by atoms with Crippen LogP contribution in [-0.4, -0.2) is 5.11 Å². The molecule has 2 rings (SSSR count). The average Bonchev–Trinajstić information content (AvgIpc) is 2.44.